The predicted octanol–water partition coefficient (Wildman–Crippen LogP) is 0.964. The molecule has 1 aromatic heterocycles. The number of aliphatic hydroxyl groups is 1. The van der Waals surface area contributed by atoms with Gasteiger partial charge in [0.15, 0.2) is 5.75 Å². The molecule has 72 valence electrons. The van der Waals surface area contributed by atoms with Crippen molar-refractivity contribution in [3.05, 3.63) is 12.0 Å². The topological polar surface area (TPSA) is 66.2 Å². The molecule has 0 aliphatic rings. The van der Waals surface area contributed by atoms with Crippen molar-refractivity contribution in [2.24, 2.45) is 0 Å². The Morgan fingerprint density at radius 3 is 2.92 bits per heavy atom. The average molecular weight is 200 g/mol. The number of aryl methyl sites for hydroxylation is 1. The zero-order valence-corrected chi connectivity index (χ0v) is 8.38. The number of nitrogens with zero attached hydrogens (tertiary/aromatic N) is 2. The fourth-order valence-electron chi connectivity index (χ4n) is 0.749. The molecule has 0 aliphatic heterocycles. The van der Waals surface area contributed by atoms with Crippen LogP contribution in [0.4, 0.5) is 0 Å². The highest BCUT2D eigenvalue weighted by Gasteiger charge is 2.06. The minimum Gasteiger partial charge on any atom is -0.504 e. The highest BCUT2D eigenvalue weighted by Crippen LogP contribution is 2.25. The van der Waals surface area contributed by atoms with Crippen LogP contribution in [0, 0.1) is 6.92 Å². The van der Waals surface area contributed by atoms with Gasteiger partial charge in [0.05, 0.1) is 12.3 Å². The third-order valence-corrected chi connectivity index (χ3v) is 2.54. The van der Waals surface area contributed by atoms with Gasteiger partial charge in [0, 0.05) is 5.75 Å². The predicted molar refractivity (Wildman–Crippen MR) is 50.8 cm³/mol. The largest absolute Gasteiger partial charge is 0.504 e. The van der Waals surface area contributed by atoms with Gasteiger partial charge in [-0.1, -0.05) is 11.8 Å². The third-order valence-electron chi connectivity index (χ3n) is 1.32. The molecule has 0 spiro atoms. The van der Waals surface area contributed by atoms with Crippen LogP contribution >= 0.6 is 11.8 Å². The summed E-state index contributed by atoms with van der Waals surface area (Å²) in [6.07, 6.45) is 0.965. The third kappa shape index (κ3) is 3.20. The van der Waals surface area contributed by atoms with Crippen LogP contribution in [0.25, 0.3) is 0 Å². The summed E-state index contributed by atoms with van der Waals surface area (Å²) >= 11 is 1.32. The molecule has 0 fully saturated rings. The van der Waals surface area contributed by atoms with Crippen molar-refractivity contribution >= 4 is 11.8 Å². The van der Waals surface area contributed by atoms with E-state index in [2.05, 4.69) is 9.97 Å². The van der Waals surface area contributed by atoms with Crippen molar-refractivity contribution < 1.29 is 10.2 Å². The number of thioether (sulfide) groups is 1. The van der Waals surface area contributed by atoms with E-state index in [-0.39, 0.29) is 5.75 Å². The van der Waals surface area contributed by atoms with Crippen molar-refractivity contribution in [2.75, 3.05) is 5.75 Å². The summed E-state index contributed by atoms with van der Waals surface area (Å²) in [7, 11) is 0. The lowest BCUT2D eigenvalue weighted by atomic mass is 10.5. The van der Waals surface area contributed by atoms with Gasteiger partial charge >= 0.3 is 0 Å². The maximum atomic E-state index is 9.32. The van der Waals surface area contributed by atoms with Gasteiger partial charge < -0.3 is 10.2 Å². The van der Waals surface area contributed by atoms with Crippen LogP contribution in [0.1, 0.15) is 12.7 Å². The van der Waals surface area contributed by atoms with E-state index in [1.807, 2.05) is 0 Å². The summed E-state index contributed by atoms with van der Waals surface area (Å²) in [4.78, 5) is 7.86. The van der Waals surface area contributed by atoms with Gasteiger partial charge in [-0.2, -0.15) is 0 Å². The molecule has 1 unspecified atom stereocenters. The second-order valence-corrected chi connectivity index (χ2v) is 3.78. The van der Waals surface area contributed by atoms with E-state index >= 15 is 0 Å². The SMILES string of the molecule is Cc1ncc(O)c(SCC(C)O)n1. The van der Waals surface area contributed by atoms with E-state index < -0.39 is 6.10 Å². The van der Waals surface area contributed by atoms with E-state index in [0.29, 0.717) is 16.6 Å². The molecule has 1 heterocycles. The summed E-state index contributed by atoms with van der Waals surface area (Å²) in [6, 6.07) is 0. The summed E-state index contributed by atoms with van der Waals surface area (Å²) in [5.41, 5.74) is 0. The summed E-state index contributed by atoms with van der Waals surface area (Å²) in [5, 5.41) is 18.9. The molecule has 1 aromatic rings. The quantitative estimate of drug-likeness (QED) is 0.562. The van der Waals surface area contributed by atoms with Crippen LogP contribution in [0.15, 0.2) is 11.2 Å². The Balaban J connectivity index is 2.70. The molecule has 0 aromatic carbocycles. The van der Waals surface area contributed by atoms with Gasteiger partial charge in [0.25, 0.3) is 0 Å². The smallest absolute Gasteiger partial charge is 0.166 e. The maximum absolute atomic E-state index is 9.32. The number of hydrogen-bond donors (Lipinski definition) is 2. The van der Waals surface area contributed by atoms with Crippen LogP contribution in [0.3, 0.4) is 0 Å². The van der Waals surface area contributed by atoms with Crippen molar-refractivity contribution in [3.8, 4) is 5.75 Å². The number of hydrogen-bond acceptors (Lipinski definition) is 5. The molecular formula is C8H12N2O2S. The van der Waals surface area contributed by atoms with Gasteiger partial charge in [0.1, 0.15) is 10.9 Å². The van der Waals surface area contributed by atoms with Crippen molar-refractivity contribution in [1.29, 1.82) is 0 Å². The summed E-state index contributed by atoms with van der Waals surface area (Å²) < 4.78 is 0. The Labute approximate surface area is 81.0 Å². The minimum absolute atomic E-state index is 0.0660. The Bertz CT molecular complexity index is 291. The highest BCUT2D eigenvalue weighted by atomic mass is 32.2. The molecule has 5 heteroatoms. The fraction of sp³-hybridized carbons (Fsp3) is 0.500. The Morgan fingerprint density at radius 1 is 1.62 bits per heavy atom. The number of rotatable bonds is 3. The van der Waals surface area contributed by atoms with Gasteiger partial charge in [-0.05, 0) is 13.8 Å². The fourth-order valence-corrected chi connectivity index (χ4v) is 1.54. The minimum atomic E-state index is -0.403. The van der Waals surface area contributed by atoms with Crippen LogP contribution in [0.2, 0.25) is 0 Å². The normalized spacial score (nSPS) is 12.8. The lowest BCUT2D eigenvalue weighted by Crippen LogP contribution is -2.03. The number of aromatic hydroxyl groups is 1. The molecule has 0 bridgehead atoms. The van der Waals surface area contributed by atoms with Crippen LogP contribution in [-0.4, -0.2) is 32.0 Å². The van der Waals surface area contributed by atoms with Crippen molar-refractivity contribution in [1.82, 2.24) is 9.97 Å². The second-order valence-electron chi connectivity index (χ2n) is 2.77. The molecule has 0 aliphatic carbocycles. The molecule has 2 N–H and O–H groups in total. The first-order valence-corrected chi connectivity index (χ1v) is 4.91. The van der Waals surface area contributed by atoms with E-state index in [9.17, 15) is 5.11 Å². The first-order valence-electron chi connectivity index (χ1n) is 3.93. The zero-order chi connectivity index (χ0) is 9.84. The Kier molecular flexibility index (Phi) is 3.50. The van der Waals surface area contributed by atoms with E-state index in [1.165, 1.54) is 18.0 Å². The molecule has 0 saturated carbocycles. The molecule has 0 saturated heterocycles. The monoisotopic (exact) mass is 200 g/mol. The van der Waals surface area contributed by atoms with Crippen molar-refractivity contribution in [3.63, 3.8) is 0 Å². The van der Waals surface area contributed by atoms with Crippen LogP contribution in [-0.2, 0) is 0 Å². The van der Waals surface area contributed by atoms with E-state index in [0.717, 1.165) is 0 Å². The van der Waals surface area contributed by atoms with Crippen molar-refractivity contribution in [2.45, 2.75) is 25.0 Å². The Hall–Kier alpha value is -0.810. The molecular weight excluding hydrogens is 188 g/mol. The molecule has 13 heavy (non-hydrogen) atoms. The lowest BCUT2D eigenvalue weighted by Gasteiger charge is -2.05. The van der Waals surface area contributed by atoms with Crippen LogP contribution < -0.4 is 0 Å². The average Bonchev–Trinajstić information content (AvgIpc) is 2.06. The lowest BCUT2D eigenvalue weighted by molar-refractivity contribution is 0.220. The van der Waals surface area contributed by atoms with Gasteiger partial charge in [0.2, 0.25) is 0 Å². The van der Waals surface area contributed by atoms with E-state index in [1.54, 1.807) is 13.8 Å². The number of aliphatic hydroxyl groups excluding tert-OH is 1. The second kappa shape index (κ2) is 4.43. The standard InChI is InChI=1S/C8H12N2O2S/c1-5(11)4-13-8-7(12)3-9-6(2)10-8/h3,5,11-12H,4H2,1-2H3. The van der Waals surface area contributed by atoms with E-state index in [4.69, 9.17) is 5.11 Å². The molecule has 0 amide bonds. The highest BCUT2D eigenvalue weighted by molar-refractivity contribution is 7.99. The number of aromatic nitrogens is 2. The Morgan fingerprint density at radius 2 is 2.31 bits per heavy atom. The zero-order valence-electron chi connectivity index (χ0n) is 7.56. The summed E-state index contributed by atoms with van der Waals surface area (Å²) in [6.45, 7) is 3.45. The van der Waals surface area contributed by atoms with Crippen LogP contribution in [0.5, 0.6) is 5.75 Å². The first kappa shape index (κ1) is 10.3. The molecule has 4 nitrogen and oxygen atoms in total. The summed E-state index contributed by atoms with van der Waals surface area (Å²) in [5.74, 6) is 1.20. The molecule has 0 radical (unpaired) electrons. The van der Waals surface area contributed by atoms with Gasteiger partial charge in [-0.25, -0.2) is 9.97 Å². The van der Waals surface area contributed by atoms with Gasteiger partial charge in [-0.3, -0.25) is 0 Å². The molecule has 1 rings (SSSR count). The molecule has 1 atom stereocenters. The maximum Gasteiger partial charge on any atom is 0.166 e. The first-order chi connectivity index (χ1) is 6.09. The van der Waals surface area contributed by atoms with Gasteiger partial charge in [-0.15, -0.1) is 0 Å².